The van der Waals surface area contributed by atoms with Gasteiger partial charge in [0, 0.05) is 0 Å². The minimum absolute atomic E-state index is 0.0392. The van der Waals surface area contributed by atoms with E-state index in [0.717, 1.165) is 0 Å². The van der Waals surface area contributed by atoms with Crippen molar-refractivity contribution < 1.29 is 14.7 Å². The molecule has 0 saturated carbocycles. The molecule has 0 aliphatic rings. The zero-order valence-corrected chi connectivity index (χ0v) is 4.57. The minimum Gasteiger partial charge on any atom is -0.445 e. The summed E-state index contributed by atoms with van der Waals surface area (Å²) in [5, 5.41) is 8.54. The van der Waals surface area contributed by atoms with Gasteiger partial charge in [0.05, 0.1) is 0 Å². The van der Waals surface area contributed by atoms with Crippen LogP contribution in [0.3, 0.4) is 0 Å². The van der Waals surface area contributed by atoms with Crippen molar-refractivity contribution in [3.63, 3.8) is 0 Å². The van der Waals surface area contributed by atoms with Crippen molar-refractivity contribution in [2.45, 2.75) is 0 Å². The summed E-state index contributed by atoms with van der Waals surface area (Å²) in [6.45, 7) is -0.0886. The van der Waals surface area contributed by atoms with Crippen LogP contribution < -0.4 is 0 Å². The molecule has 50 valence electrons. The fraction of sp³-hybridized carbons (Fsp3) is 0.500. The Morgan fingerprint density at radius 1 is 1.67 bits per heavy atom. The largest absolute Gasteiger partial charge is 0.445 e. The number of hydrogen-bond donors (Lipinski definition) is 0. The van der Waals surface area contributed by atoms with Crippen molar-refractivity contribution in [1.82, 2.24) is 0 Å². The first kappa shape index (κ1) is 7.56. The van der Waals surface area contributed by atoms with E-state index in [2.05, 4.69) is 16.0 Å². The summed E-state index contributed by atoms with van der Waals surface area (Å²) in [7, 11) is 0. The van der Waals surface area contributed by atoms with Crippen LogP contribution >= 0.6 is 0 Å². The lowest BCUT2D eigenvalue weighted by molar-refractivity contribution is -0.757. The third kappa shape index (κ3) is 6.56. The first-order chi connectivity index (χ1) is 4.27. The Balaban J connectivity index is 2.94. The van der Waals surface area contributed by atoms with Gasteiger partial charge in [-0.3, -0.25) is 0 Å². The molecule has 0 heterocycles. The van der Waals surface area contributed by atoms with Crippen molar-refractivity contribution in [3.05, 3.63) is 10.1 Å². The molecule has 0 atom stereocenters. The van der Waals surface area contributed by atoms with E-state index in [-0.39, 0.29) is 13.2 Å². The summed E-state index contributed by atoms with van der Waals surface area (Å²) >= 11 is 0. The molecule has 0 radical (unpaired) electrons. The Morgan fingerprint density at radius 2 is 2.33 bits per heavy atom. The van der Waals surface area contributed by atoms with Gasteiger partial charge < -0.3 is 9.57 Å². The molecule has 9 heavy (non-hydrogen) atoms. The van der Waals surface area contributed by atoms with Gasteiger partial charge in [-0.05, 0) is 0 Å². The topological polar surface area (TPSA) is 61.6 Å². The van der Waals surface area contributed by atoms with Gasteiger partial charge in [0.2, 0.25) is 0 Å². The fourth-order valence-corrected chi connectivity index (χ4v) is 0.212. The molecule has 0 amide bonds. The Labute approximate surface area is 51.7 Å². The van der Waals surface area contributed by atoms with Crippen LogP contribution in [-0.2, 0) is 9.57 Å². The van der Waals surface area contributed by atoms with Crippen molar-refractivity contribution in [2.24, 2.45) is 0 Å². The van der Waals surface area contributed by atoms with Gasteiger partial charge in [-0.25, -0.2) is 0 Å². The zero-order chi connectivity index (χ0) is 7.11. The monoisotopic (exact) mass is 131 g/mol. The van der Waals surface area contributed by atoms with Crippen molar-refractivity contribution in [1.29, 1.82) is 0 Å². The Bertz CT molecular complexity index is 127. The molecule has 0 unspecified atom stereocenters. The van der Waals surface area contributed by atoms with Gasteiger partial charge in [-0.2, -0.15) is 0 Å². The van der Waals surface area contributed by atoms with Crippen LogP contribution in [0.25, 0.3) is 0 Å². The normalized spacial score (nSPS) is 7.44. The van der Waals surface area contributed by atoms with Crippen molar-refractivity contribution >= 4 is 0 Å². The van der Waals surface area contributed by atoms with Crippen molar-refractivity contribution in [3.8, 4) is 12.5 Å². The lowest BCUT2D eigenvalue weighted by Gasteiger charge is -1.94. The summed E-state index contributed by atoms with van der Waals surface area (Å²) in [6.07, 6.45) is 6.49. The van der Waals surface area contributed by atoms with E-state index in [0.29, 0.717) is 0 Å². The van der Waals surface area contributed by atoms with E-state index in [1.807, 2.05) is 6.11 Å². The second-order valence-corrected chi connectivity index (χ2v) is 1.02. The van der Waals surface area contributed by atoms with E-state index in [1.54, 1.807) is 0 Å². The first-order valence-electron chi connectivity index (χ1n) is 2.12. The maximum atomic E-state index is 9.44. The second kappa shape index (κ2) is 4.71. The minimum atomic E-state index is -0.903. The average molecular weight is 131 g/mol. The highest BCUT2D eigenvalue weighted by atomic mass is 17.0. The molecule has 0 aliphatic heterocycles. The van der Waals surface area contributed by atoms with Gasteiger partial charge in [-0.1, -0.05) is 6.42 Å². The summed E-state index contributed by atoms with van der Waals surface area (Å²) in [5.41, 5.74) is 0. The number of ether oxygens (including phenoxy) is 1. The quantitative estimate of drug-likeness (QED) is 0.229. The molecule has 0 aromatic heterocycles. The molecular formula is C4H5NO4. The summed E-state index contributed by atoms with van der Waals surface area (Å²) < 4.78 is 4.28. The Kier molecular flexibility index (Phi) is 3.96. The fourth-order valence-electron chi connectivity index (χ4n) is 0.212. The Hall–Kier alpha value is -1.44. The summed E-state index contributed by atoms with van der Waals surface area (Å²) in [6, 6.07) is 0. The lowest BCUT2D eigenvalue weighted by Crippen LogP contribution is -2.06. The van der Waals surface area contributed by atoms with Gasteiger partial charge in [0.15, 0.2) is 0 Å². The molecule has 5 heteroatoms. The van der Waals surface area contributed by atoms with Gasteiger partial charge >= 0.3 is 0 Å². The molecule has 0 spiro atoms. The summed E-state index contributed by atoms with van der Waals surface area (Å²) in [5.74, 6) is 0. The molecule has 0 fully saturated rings. The number of nitrogens with zero attached hydrogens (tertiary/aromatic N) is 1. The van der Waals surface area contributed by atoms with E-state index in [1.165, 1.54) is 0 Å². The highest BCUT2D eigenvalue weighted by molar-refractivity contribution is 4.67. The van der Waals surface area contributed by atoms with E-state index >= 15 is 0 Å². The van der Waals surface area contributed by atoms with Crippen LogP contribution in [-0.4, -0.2) is 18.3 Å². The highest BCUT2D eigenvalue weighted by Crippen LogP contribution is 1.75. The van der Waals surface area contributed by atoms with Crippen LogP contribution in [0.4, 0.5) is 0 Å². The third-order valence-corrected chi connectivity index (χ3v) is 0.465. The number of terminal acetylenes is 1. The molecule has 0 bridgehead atoms. The van der Waals surface area contributed by atoms with Gasteiger partial charge in [0.25, 0.3) is 5.09 Å². The molecule has 0 saturated heterocycles. The summed E-state index contributed by atoms with van der Waals surface area (Å²) in [4.78, 5) is 13.3. The standard InChI is InChI=1S/C4H5NO4/c1-2-8-3-4-9-5(6)7/h1H,3-4H2. The Morgan fingerprint density at radius 3 is 2.78 bits per heavy atom. The first-order valence-corrected chi connectivity index (χ1v) is 2.12. The molecule has 0 rings (SSSR count). The van der Waals surface area contributed by atoms with E-state index in [9.17, 15) is 10.1 Å². The molecule has 0 aromatic carbocycles. The average Bonchev–Trinajstić information content (AvgIpc) is 1.80. The molecular weight excluding hydrogens is 126 g/mol. The van der Waals surface area contributed by atoms with Gasteiger partial charge in [-0.15, -0.1) is 10.1 Å². The maximum Gasteiger partial charge on any atom is 0.294 e. The molecule has 5 nitrogen and oxygen atoms in total. The van der Waals surface area contributed by atoms with E-state index < -0.39 is 5.09 Å². The SMILES string of the molecule is C#COCCO[N+](=O)[O-]. The van der Waals surface area contributed by atoms with Crippen molar-refractivity contribution in [2.75, 3.05) is 13.2 Å². The van der Waals surface area contributed by atoms with Gasteiger partial charge in [0.1, 0.15) is 19.3 Å². The van der Waals surface area contributed by atoms with Crippen LogP contribution in [0.15, 0.2) is 0 Å². The highest BCUT2D eigenvalue weighted by Gasteiger charge is 1.91. The molecule has 0 aromatic rings. The maximum absolute atomic E-state index is 9.44. The predicted molar refractivity (Wildman–Crippen MR) is 27.7 cm³/mol. The molecule has 0 aliphatic carbocycles. The third-order valence-electron chi connectivity index (χ3n) is 0.465. The van der Waals surface area contributed by atoms with E-state index in [4.69, 9.17) is 0 Å². The van der Waals surface area contributed by atoms with Crippen LogP contribution in [0.2, 0.25) is 0 Å². The van der Waals surface area contributed by atoms with Crippen LogP contribution in [0.5, 0.6) is 0 Å². The van der Waals surface area contributed by atoms with Crippen LogP contribution in [0, 0.1) is 22.6 Å². The second-order valence-electron chi connectivity index (χ2n) is 1.02. The lowest BCUT2D eigenvalue weighted by atomic mass is 10.8. The zero-order valence-electron chi connectivity index (χ0n) is 4.57. The predicted octanol–water partition coefficient (Wildman–Crippen LogP) is -0.198. The molecule has 0 N–H and O–H groups in total. The number of rotatable bonds is 4. The van der Waals surface area contributed by atoms with Crippen LogP contribution in [0.1, 0.15) is 0 Å². The number of hydrogen-bond acceptors (Lipinski definition) is 4. The smallest absolute Gasteiger partial charge is 0.294 e.